The van der Waals surface area contributed by atoms with Crippen LogP contribution in [0.25, 0.3) is 0 Å². The van der Waals surface area contributed by atoms with Gasteiger partial charge in [-0.05, 0) is 15.9 Å². The monoisotopic (exact) mass is 389 g/mol. The minimum atomic E-state index is -4.85. The van der Waals surface area contributed by atoms with Crippen molar-refractivity contribution < 1.29 is 22.9 Å². The molecule has 0 bridgehead atoms. The molecule has 0 unspecified atom stereocenters. The molecule has 1 aromatic rings. The molecule has 0 aromatic heterocycles. The number of carbonyl (C=O) groups is 1. The maximum atomic E-state index is 12.8. The zero-order chi connectivity index (χ0) is 14.1. The van der Waals surface area contributed by atoms with E-state index in [1.807, 2.05) is 0 Å². The van der Waals surface area contributed by atoms with Crippen LogP contribution in [-0.4, -0.2) is 16.0 Å². The molecule has 4 nitrogen and oxygen atoms in total. The van der Waals surface area contributed by atoms with Crippen LogP contribution in [0.4, 0.5) is 18.9 Å². The van der Waals surface area contributed by atoms with E-state index in [9.17, 15) is 28.1 Å². The molecule has 98 valence electrons. The van der Waals surface area contributed by atoms with E-state index >= 15 is 0 Å². The lowest BCUT2D eigenvalue weighted by Crippen LogP contribution is -2.15. The lowest BCUT2D eigenvalue weighted by molar-refractivity contribution is -0.385. The molecule has 0 atom stereocenters. The predicted molar refractivity (Wildman–Crippen MR) is 63.9 cm³/mol. The molecular weight excluding hydrogens is 387 g/mol. The van der Waals surface area contributed by atoms with Gasteiger partial charge in [-0.25, -0.2) is 0 Å². The number of Topliss-reactive ketones (excluding diaryl/α,β-unsaturated/α-hetero) is 1. The van der Waals surface area contributed by atoms with E-state index < -0.39 is 33.7 Å². The Kier molecular flexibility index (Phi) is 4.49. The van der Waals surface area contributed by atoms with Gasteiger partial charge >= 0.3 is 6.18 Å². The Morgan fingerprint density at radius 2 is 1.94 bits per heavy atom. The number of ketones is 1. The van der Waals surface area contributed by atoms with Gasteiger partial charge in [-0.2, -0.15) is 13.2 Å². The van der Waals surface area contributed by atoms with E-state index in [1.165, 1.54) is 0 Å². The van der Waals surface area contributed by atoms with E-state index in [1.54, 1.807) is 0 Å². The van der Waals surface area contributed by atoms with E-state index in [0.717, 1.165) is 6.07 Å². The predicted octanol–water partition coefficient (Wildman–Crippen LogP) is 3.95. The van der Waals surface area contributed by atoms with Crippen LogP contribution in [0.3, 0.4) is 0 Å². The summed E-state index contributed by atoms with van der Waals surface area (Å²) in [5.74, 6) is -0.816. The molecule has 0 radical (unpaired) electrons. The minimum Gasteiger partial charge on any atom is -0.293 e. The Balaban J connectivity index is 3.60. The van der Waals surface area contributed by atoms with Gasteiger partial charge in [0.1, 0.15) is 0 Å². The summed E-state index contributed by atoms with van der Waals surface area (Å²) in [5.41, 5.74) is -2.68. The number of nitro benzene ring substituents is 1. The molecular formula is C9H4Br2F3NO3. The minimum absolute atomic E-state index is 0.256. The molecule has 1 aromatic carbocycles. The fourth-order valence-corrected chi connectivity index (χ4v) is 2.22. The van der Waals surface area contributed by atoms with Gasteiger partial charge in [0.2, 0.25) is 0 Å². The average molecular weight is 391 g/mol. The van der Waals surface area contributed by atoms with Crippen LogP contribution in [0.15, 0.2) is 16.6 Å². The van der Waals surface area contributed by atoms with Crippen LogP contribution in [0.1, 0.15) is 15.9 Å². The van der Waals surface area contributed by atoms with Crippen molar-refractivity contribution in [1.82, 2.24) is 0 Å². The maximum absolute atomic E-state index is 12.8. The van der Waals surface area contributed by atoms with E-state index in [4.69, 9.17) is 0 Å². The fraction of sp³-hybridized carbons (Fsp3) is 0.222. The molecule has 0 aliphatic heterocycles. The van der Waals surface area contributed by atoms with Crippen molar-refractivity contribution in [3.05, 3.63) is 37.8 Å². The highest BCUT2D eigenvalue weighted by Crippen LogP contribution is 2.38. The molecule has 1 rings (SSSR count). The van der Waals surface area contributed by atoms with Crippen LogP contribution in [0.5, 0.6) is 0 Å². The van der Waals surface area contributed by atoms with Crippen LogP contribution in [-0.2, 0) is 6.18 Å². The van der Waals surface area contributed by atoms with Crippen LogP contribution >= 0.6 is 31.9 Å². The van der Waals surface area contributed by atoms with Crippen molar-refractivity contribution in [2.24, 2.45) is 0 Å². The summed E-state index contributed by atoms with van der Waals surface area (Å²) in [4.78, 5) is 21.0. The van der Waals surface area contributed by atoms with Gasteiger partial charge in [0.25, 0.3) is 5.69 Å². The number of halogens is 5. The second-order valence-corrected chi connectivity index (χ2v) is 4.58. The standard InChI is InChI=1S/C9H4Br2F3NO3/c10-3-7(16)8-5(9(12,13)14)1-4(15(17)18)2-6(8)11/h1-2H,3H2. The van der Waals surface area contributed by atoms with E-state index in [-0.39, 0.29) is 9.80 Å². The second kappa shape index (κ2) is 5.35. The lowest BCUT2D eigenvalue weighted by Gasteiger charge is -2.12. The summed E-state index contributed by atoms with van der Waals surface area (Å²) in [6.07, 6.45) is -4.85. The highest BCUT2D eigenvalue weighted by molar-refractivity contribution is 9.10. The highest BCUT2D eigenvalue weighted by Gasteiger charge is 2.38. The van der Waals surface area contributed by atoms with Gasteiger partial charge < -0.3 is 0 Å². The molecule has 0 N–H and O–H groups in total. The Labute approximate surface area is 116 Å². The second-order valence-electron chi connectivity index (χ2n) is 3.16. The first-order chi connectivity index (χ1) is 8.18. The smallest absolute Gasteiger partial charge is 0.293 e. The van der Waals surface area contributed by atoms with Crippen LogP contribution < -0.4 is 0 Å². The quantitative estimate of drug-likeness (QED) is 0.340. The summed E-state index contributed by atoms with van der Waals surface area (Å²) in [6.45, 7) is 0. The summed E-state index contributed by atoms with van der Waals surface area (Å²) < 4.78 is 38.0. The molecule has 0 aliphatic carbocycles. The third kappa shape index (κ3) is 3.08. The molecule has 0 aliphatic rings. The fourth-order valence-electron chi connectivity index (χ4n) is 1.27. The van der Waals surface area contributed by atoms with Crippen molar-refractivity contribution >= 4 is 43.3 Å². The van der Waals surface area contributed by atoms with Gasteiger partial charge in [0.15, 0.2) is 5.78 Å². The number of rotatable bonds is 3. The zero-order valence-corrected chi connectivity index (χ0v) is 11.6. The van der Waals surface area contributed by atoms with Gasteiger partial charge in [-0.3, -0.25) is 14.9 Å². The Hall–Kier alpha value is -0.960. The van der Waals surface area contributed by atoms with Gasteiger partial charge in [-0.1, -0.05) is 15.9 Å². The van der Waals surface area contributed by atoms with Gasteiger partial charge in [-0.15, -0.1) is 0 Å². The summed E-state index contributed by atoms with van der Waals surface area (Å²) in [6, 6.07) is 1.21. The van der Waals surface area contributed by atoms with Crippen molar-refractivity contribution in [2.75, 3.05) is 5.33 Å². The van der Waals surface area contributed by atoms with Crippen LogP contribution in [0, 0.1) is 10.1 Å². The first-order valence-electron chi connectivity index (χ1n) is 4.32. The Morgan fingerprint density at radius 3 is 2.33 bits per heavy atom. The van der Waals surface area contributed by atoms with Crippen molar-refractivity contribution in [2.45, 2.75) is 6.18 Å². The number of alkyl halides is 4. The summed E-state index contributed by atoms with van der Waals surface area (Å²) >= 11 is 5.52. The molecule has 0 amide bonds. The Morgan fingerprint density at radius 1 is 1.39 bits per heavy atom. The molecule has 0 heterocycles. The third-order valence-corrected chi connectivity index (χ3v) is 3.13. The largest absolute Gasteiger partial charge is 0.417 e. The molecule has 0 saturated heterocycles. The number of carbonyl (C=O) groups excluding carboxylic acids is 1. The molecule has 9 heteroatoms. The molecule has 18 heavy (non-hydrogen) atoms. The number of benzene rings is 1. The van der Waals surface area contributed by atoms with E-state index in [0.29, 0.717) is 6.07 Å². The van der Waals surface area contributed by atoms with Crippen molar-refractivity contribution in [3.8, 4) is 0 Å². The van der Waals surface area contributed by atoms with Gasteiger partial charge in [0, 0.05) is 22.2 Å². The molecule has 0 saturated carbocycles. The zero-order valence-electron chi connectivity index (χ0n) is 8.42. The highest BCUT2D eigenvalue weighted by atomic mass is 79.9. The number of non-ortho nitro benzene ring substituents is 1. The van der Waals surface area contributed by atoms with Crippen LogP contribution in [0.2, 0.25) is 0 Å². The first kappa shape index (κ1) is 15.1. The number of hydrogen-bond acceptors (Lipinski definition) is 3. The van der Waals surface area contributed by atoms with Crippen molar-refractivity contribution in [3.63, 3.8) is 0 Å². The number of nitrogens with zero attached hydrogens (tertiary/aromatic N) is 1. The van der Waals surface area contributed by atoms with Gasteiger partial charge in [0.05, 0.1) is 15.8 Å². The van der Waals surface area contributed by atoms with Crippen molar-refractivity contribution in [1.29, 1.82) is 0 Å². The topological polar surface area (TPSA) is 60.2 Å². The number of hydrogen-bond donors (Lipinski definition) is 0. The first-order valence-corrected chi connectivity index (χ1v) is 6.24. The lowest BCUT2D eigenvalue weighted by atomic mass is 10.0. The SMILES string of the molecule is O=C(CBr)c1c(Br)cc([N+](=O)[O-])cc1C(F)(F)F. The molecule has 0 fully saturated rings. The number of nitro groups is 1. The third-order valence-electron chi connectivity index (χ3n) is 1.99. The normalized spacial score (nSPS) is 11.4. The summed E-state index contributed by atoms with van der Waals surface area (Å²) in [5, 5.41) is 10.2. The average Bonchev–Trinajstić information content (AvgIpc) is 2.25. The summed E-state index contributed by atoms with van der Waals surface area (Å²) in [7, 11) is 0. The van der Waals surface area contributed by atoms with E-state index in [2.05, 4.69) is 31.9 Å². The molecule has 0 spiro atoms. The Bertz CT molecular complexity index is 517. The maximum Gasteiger partial charge on any atom is 0.417 e.